The lowest BCUT2D eigenvalue weighted by Gasteiger charge is -2.45. The van der Waals surface area contributed by atoms with Crippen LogP contribution >= 0.6 is 0 Å². The maximum Gasteiger partial charge on any atom is 0.252 e. The summed E-state index contributed by atoms with van der Waals surface area (Å²) in [5.41, 5.74) is 2.66. The standard InChI is InChI=1S/C22H29N3O2/c1-17-15-19(18-7-3-4-8-20(18)24-17)21(26)23-16-22(9-5-2-6-10-22)25-11-13-27-14-12-25/h3-4,7-8,15H,2,5-6,9-14,16H2,1H3,(H,23,26)/p+1. The van der Waals surface area contributed by atoms with Gasteiger partial charge in [0.25, 0.3) is 5.91 Å². The number of quaternary nitrogens is 1. The number of rotatable bonds is 4. The number of hydrogen-bond acceptors (Lipinski definition) is 3. The van der Waals surface area contributed by atoms with Crippen LogP contribution in [0.4, 0.5) is 0 Å². The number of benzene rings is 1. The van der Waals surface area contributed by atoms with Gasteiger partial charge in [-0.05, 0) is 31.9 Å². The second kappa shape index (κ2) is 7.95. The molecular formula is C22H30N3O2+. The Balaban J connectivity index is 1.55. The van der Waals surface area contributed by atoms with Crippen LogP contribution in [-0.2, 0) is 4.74 Å². The van der Waals surface area contributed by atoms with Gasteiger partial charge in [0.1, 0.15) is 18.6 Å². The first kappa shape index (κ1) is 18.4. The third kappa shape index (κ3) is 3.85. The second-order valence-corrected chi connectivity index (χ2v) is 8.07. The molecule has 2 fully saturated rings. The van der Waals surface area contributed by atoms with E-state index in [2.05, 4.69) is 10.3 Å². The number of morpholine rings is 1. The third-order valence-corrected chi connectivity index (χ3v) is 6.33. The van der Waals surface area contributed by atoms with Crippen LogP contribution in [0.15, 0.2) is 30.3 Å². The van der Waals surface area contributed by atoms with Crippen molar-refractivity contribution >= 4 is 16.8 Å². The van der Waals surface area contributed by atoms with Crippen molar-refractivity contribution in [3.05, 3.63) is 41.6 Å². The number of aromatic nitrogens is 1. The van der Waals surface area contributed by atoms with Gasteiger partial charge in [-0.25, -0.2) is 0 Å². The van der Waals surface area contributed by atoms with Crippen LogP contribution in [0.2, 0.25) is 0 Å². The van der Waals surface area contributed by atoms with Crippen molar-refractivity contribution in [1.29, 1.82) is 0 Å². The number of nitrogens with one attached hydrogen (secondary N) is 2. The Labute approximate surface area is 161 Å². The lowest BCUT2D eigenvalue weighted by Crippen LogP contribution is -3.23. The van der Waals surface area contributed by atoms with Crippen LogP contribution in [0, 0.1) is 6.92 Å². The smallest absolute Gasteiger partial charge is 0.252 e. The Morgan fingerprint density at radius 3 is 2.70 bits per heavy atom. The van der Waals surface area contributed by atoms with Crippen LogP contribution in [0.5, 0.6) is 0 Å². The molecule has 5 nitrogen and oxygen atoms in total. The van der Waals surface area contributed by atoms with E-state index in [4.69, 9.17) is 4.74 Å². The van der Waals surface area contributed by atoms with Crippen molar-refractivity contribution < 1.29 is 14.4 Å². The van der Waals surface area contributed by atoms with Crippen molar-refractivity contribution in [3.8, 4) is 0 Å². The fraction of sp³-hybridized carbons (Fsp3) is 0.545. The first-order valence-corrected chi connectivity index (χ1v) is 10.3. The number of carbonyl (C=O) groups excluding carboxylic acids is 1. The molecule has 2 heterocycles. The number of ether oxygens (including phenoxy) is 1. The van der Waals surface area contributed by atoms with Gasteiger partial charge in [0, 0.05) is 23.9 Å². The Morgan fingerprint density at radius 1 is 1.19 bits per heavy atom. The summed E-state index contributed by atoms with van der Waals surface area (Å²) < 4.78 is 5.58. The highest BCUT2D eigenvalue weighted by atomic mass is 16.5. The minimum atomic E-state index is 0.0225. The summed E-state index contributed by atoms with van der Waals surface area (Å²) in [5.74, 6) is 0.0225. The van der Waals surface area contributed by atoms with Crippen LogP contribution < -0.4 is 10.2 Å². The molecule has 0 bridgehead atoms. The Kier molecular flexibility index (Phi) is 5.41. The summed E-state index contributed by atoms with van der Waals surface area (Å²) in [6.07, 6.45) is 6.22. The average molecular weight is 369 g/mol. The number of carbonyl (C=O) groups is 1. The van der Waals surface area contributed by atoms with Crippen LogP contribution in [0.1, 0.15) is 48.2 Å². The summed E-state index contributed by atoms with van der Waals surface area (Å²) in [6.45, 7) is 6.46. The molecule has 2 N–H and O–H groups in total. The second-order valence-electron chi connectivity index (χ2n) is 8.07. The van der Waals surface area contributed by atoms with Gasteiger partial charge < -0.3 is 15.0 Å². The van der Waals surface area contributed by atoms with E-state index in [1.165, 1.54) is 32.1 Å². The highest BCUT2D eigenvalue weighted by Gasteiger charge is 2.42. The molecule has 0 unspecified atom stereocenters. The molecular weight excluding hydrogens is 338 g/mol. The number of hydrogen-bond donors (Lipinski definition) is 2. The van der Waals surface area contributed by atoms with E-state index in [0.29, 0.717) is 0 Å². The van der Waals surface area contributed by atoms with Gasteiger partial charge in [-0.3, -0.25) is 9.78 Å². The molecule has 1 saturated carbocycles. The highest BCUT2D eigenvalue weighted by Crippen LogP contribution is 2.26. The normalized spacial score (nSPS) is 20.5. The van der Waals surface area contributed by atoms with Crippen molar-refractivity contribution in [2.24, 2.45) is 0 Å². The topological polar surface area (TPSA) is 55.7 Å². The fourth-order valence-electron chi connectivity index (χ4n) is 4.87. The van der Waals surface area contributed by atoms with Gasteiger partial charge in [-0.15, -0.1) is 0 Å². The predicted octanol–water partition coefficient (Wildman–Crippen LogP) is 1.89. The number of aryl methyl sites for hydroxylation is 1. The first-order valence-electron chi connectivity index (χ1n) is 10.3. The van der Waals surface area contributed by atoms with Crippen molar-refractivity contribution in [3.63, 3.8) is 0 Å². The minimum absolute atomic E-state index is 0.0225. The van der Waals surface area contributed by atoms with E-state index in [0.717, 1.165) is 55.0 Å². The maximum atomic E-state index is 13.1. The monoisotopic (exact) mass is 368 g/mol. The molecule has 4 rings (SSSR count). The number of amides is 1. The molecule has 0 atom stereocenters. The zero-order valence-corrected chi connectivity index (χ0v) is 16.2. The summed E-state index contributed by atoms with van der Waals surface area (Å²) >= 11 is 0. The molecule has 1 amide bonds. The van der Waals surface area contributed by atoms with Gasteiger partial charge in [0.15, 0.2) is 0 Å². The maximum absolute atomic E-state index is 13.1. The fourth-order valence-corrected chi connectivity index (χ4v) is 4.87. The largest absolute Gasteiger partial charge is 0.370 e. The van der Waals surface area contributed by atoms with Gasteiger partial charge in [0.05, 0.1) is 30.8 Å². The lowest BCUT2D eigenvalue weighted by molar-refractivity contribution is -0.960. The molecule has 1 aliphatic carbocycles. The molecule has 2 aromatic rings. The van der Waals surface area contributed by atoms with E-state index in [1.54, 1.807) is 4.90 Å². The molecule has 1 aliphatic heterocycles. The van der Waals surface area contributed by atoms with E-state index in [1.807, 2.05) is 37.3 Å². The zero-order chi connectivity index (χ0) is 18.7. The van der Waals surface area contributed by atoms with Gasteiger partial charge in [0.2, 0.25) is 0 Å². The van der Waals surface area contributed by atoms with E-state index >= 15 is 0 Å². The summed E-state index contributed by atoms with van der Waals surface area (Å²) in [5, 5.41) is 4.23. The number of fused-ring (bicyclic) bond motifs is 1. The number of para-hydroxylation sites is 1. The lowest BCUT2D eigenvalue weighted by atomic mass is 9.79. The molecule has 1 aromatic heterocycles. The quantitative estimate of drug-likeness (QED) is 0.867. The number of pyridine rings is 1. The van der Waals surface area contributed by atoms with Crippen molar-refractivity contribution in [2.75, 3.05) is 32.8 Å². The molecule has 27 heavy (non-hydrogen) atoms. The molecule has 5 heteroatoms. The van der Waals surface area contributed by atoms with Crippen molar-refractivity contribution in [2.45, 2.75) is 44.6 Å². The van der Waals surface area contributed by atoms with Crippen LogP contribution in [0.25, 0.3) is 10.9 Å². The summed E-state index contributed by atoms with van der Waals surface area (Å²) in [6, 6.07) is 9.80. The SMILES string of the molecule is Cc1cc(C(=O)NCC2([NH+]3CCOCC3)CCCCC2)c2ccccc2n1. The van der Waals surface area contributed by atoms with Gasteiger partial charge >= 0.3 is 0 Å². The summed E-state index contributed by atoms with van der Waals surface area (Å²) in [4.78, 5) is 19.3. The molecule has 0 radical (unpaired) electrons. The van der Waals surface area contributed by atoms with Crippen molar-refractivity contribution in [1.82, 2.24) is 10.3 Å². The van der Waals surface area contributed by atoms with Crippen LogP contribution in [0.3, 0.4) is 0 Å². The van der Waals surface area contributed by atoms with Crippen LogP contribution in [-0.4, -0.2) is 49.3 Å². The minimum Gasteiger partial charge on any atom is -0.370 e. The zero-order valence-electron chi connectivity index (χ0n) is 16.2. The van der Waals surface area contributed by atoms with Gasteiger partial charge in [-0.2, -0.15) is 0 Å². The molecule has 1 aromatic carbocycles. The molecule has 0 spiro atoms. The van der Waals surface area contributed by atoms with E-state index in [-0.39, 0.29) is 11.4 Å². The van der Waals surface area contributed by atoms with E-state index in [9.17, 15) is 4.79 Å². The first-order chi connectivity index (χ1) is 13.2. The Morgan fingerprint density at radius 2 is 1.93 bits per heavy atom. The predicted molar refractivity (Wildman–Crippen MR) is 106 cm³/mol. The Bertz CT molecular complexity index is 808. The summed E-state index contributed by atoms with van der Waals surface area (Å²) in [7, 11) is 0. The molecule has 144 valence electrons. The third-order valence-electron chi connectivity index (χ3n) is 6.33. The molecule has 1 saturated heterocycles. The average Bonchev–Trinajstić information content (AvgIpc) is 2.72. The van der Waals surface area contributed by atoms with Gasteiger partial charge in [-0.1, -0.05) is 24.6 Å². The van der Waals surface area contributed by atoms with E-state index < -0.39 is 0 Å². The Hall–Kier alpha value is -1.98. The molecule has 2 aliphatic rings. The number of nitrogens with zero attached hydrogens (tertiary/aromatic N) is 1. The highest BCUT2D eigenvalue weighted by molar-refractivity contribution is 6.06.